The van der Waals surface area contributed by atoms with Crippen LogP contribution < -0.4 is 10.5 Å². The summed E-state index contributed by atoms with van der Waals surface area (Å²) in [5, 5.41) is 7.67. The highest BCUT2D eigenvalue weighted by molar-refractivity contribution is 6.06. The van der Waals surface area contributed by atoms with Gasteiger partial charge in [-0.3, -0.25) is 0 Å². The highest BCUT2D eigenvalue weighted by Gasteiger charge is 2.00. The molecule has 0 spiro atoms. The van der Waals surface area contributed by atoms with E-state index in [0.717, 1.165) is 12.0 Å². The summed E-state index contributed by atoms with van der Waals surface area (Å²) in [5.74, 6) is 0.509. The zero-order valence-electron chi connectivity index (χ0n) is 9.02. The molecule has 1 rings (SSSR count). The summed E-state index contributed by atoms with van der Waals surface area (Å²) in [6, 6.07) is 3.45. The summed E-state index contributed by atoms with van der Waals surface area (Å²) in [6.45, 7) is 4.15. The normalized spacial score (nSPS) is 10.2. The van der Waals surface area contributed by atoms with Crippen LogP contribution in [-0.2, 0) is 0 Å². The van der Waals surface area contributed by atoms with Gasteiger partial charge in [0.1, 0.15) is 0 Å². The number of pyridine rings is 1. The van der Waals surface area contributed by atoms with Crippen molar-refractivity contribution in [3.05, 3.63) is 48.8 Å². The molecule has 4 nitrogen and oxygen atoms in total. The summed E-state index contributed by atoms with van der Waals surface area (Å²) in [6.07, 6.45) is 7.01. The molecule has 0 radical (unpaired) electrons. The molecule has 0 aliphatic carbocycles. The summed E-state index contributed by atoms with van der Waals surface area (Å²) >= 11 is 0. The molecule has 0 saturated carbocycles. The number of rotatable bonds is 6. The van der Waals surface area contributed by atoms with E-state index in [9.17, 15) is 0 Å². The van der Waals surface area contributed by atoms with Crippen LogP contribution >= 0.6 is 0 Å². The fourth-order valence-electron chi connectivity index (χ4n) is 1.10. The maximum atomic E-state index is 7.67. The molecule has 0 saturated heterocycles. The molecule has 0 amide bonds. The number of nitrogens with zero attached hydrogens (tertiary/aromatic N) is 1. The van der Waals surface area contributed by atoms with Gasteiger partial charge in [0.05, 0.1) is 12.3 Å². The second kappa shape index (κ2) is 6.40. The Hall–Kier alpha value is -2.10. The fourth-order valence-corrected chi connectivity index (χ4v) is 1.10. The third kappa shape index (κ3) is 3.57. The Morgan fingerprint density at radius 3 is 3.12 bits per heavy atom. The summed E-state index contributed by atoms with van der Waals surface area (Å²) in [4.78, 5) is 4.05. The lowest BCUT2D eigenvalue weighted by Crippen LogP contribution is -2.01. The molecule has 3 N–H and O–H groups in total. The van der Waals surface area contributed by atoms with Crippen molar-refractivity contribution in [3.63, 3.8) is 0 Å². The molecule has 0 aliphatic heterocycles. The topological polar surface area (TPSA) is 72.0 Å². The highest BCUT2D eigenvalue weighted by atomic mass is 16.5. The van der Waals surface area contributed by atoms with Gasteiger partial charge in [-0.05, 0) is 24.8 Å². The maximum absolute atomic E-state index is 7.67. The van der Waals surface area contributed by atoms with Gasteiger partial charge in [-0.25, -0.2) is 4.98 Å². The summed E-state index contributed by atoms with van der Waals surface area (Å²) in [5.41, 5.74) is 6.28. The SMILES string of the molecule is C=CCCOc1cc(C(=N)/C=C\N)ccn1. The van der Waals surface area contributed by atoms with E-state index in [0.29, 0.717) is 18.2 Å². The first-order valence-corrected chi connectivity index (χ1v) is 4.95. The molecule has 0 unspecified atom stereocenters. The van der Waals surface area contributed by atoms with Gasteiger partial charge in [-0.2, -0.15) is 0 Å². The Bertz CT molecular complexity index is 399. The van der Waals surface area contributed by atoms with Crippen LogP contribution in [0.15, 0.2) is 43.3 Å². The monoisotopic (exact) mass is 217 g/mol. The van der Waals surface area contributed by atoms with Gasteiger partial charge in [-0.15, -0.1) is 6.58 Å². The molecular weight excluding hydrogens is 202 g/mol. The zero-order valence-corrected chi connectivity index (χ0v) is 9.02. The number of nitrogens with one attached hydrogen (secondary N) is 1. The molecule has 0 aliphatic rings. The third-order valence-corrected chi connectivity index (χ3v) is 1.88. The minimum absolute atomic E-state index is 0.332. The van der Waals surface area contributed by atoms with E-state index in [-0.39, 0.29) is 0 Å². The molecule has 0 bridgehead atoms. The highest BCUT2D eigenvalue weighted by Crippen LogP contribution is 2.10. The van der Waals surface area contributed by atoms with E-state index in [1.807, 2.05) is 0 Å². The van der Waals surface area contributed by atoms with Crippen molar-refractivity contribution in [3.8, 4) is 5.88 Å². The summed E-state index contributed by atoms with van der Waals surface area (Å²) < 4.78 is 5.38. The molecule has 0 atom stereocenters. The van der Waals surface area contributed by atoms with Crippen LogP contribution in [0.4, 0.5) is 0 Å². The van der Waals surface area contributed by atoms with Gasteiger partial charge >= 0.3 is 0 Å². The van der Waals surface area contributed by atoms with Crippen LogP contribution in [0.2, 0.25) is 0 Å². The summed E-state index contributed by atoms with van der Waals surface area (Å²) in [7, 11) is 0. The Labute approximate surface area is 95.0 Å². The molecule has 0 fully saturated rings. The predicted molar refractivity (Wildman–Crippen MR) is 64.7 cm³/mol. The largest absolute Gasteiger partial charge is 0.477 e. The van der Waals surface area contributed by atoms with E-state index >= 15 is 0 Å². The lowest BCUT2D eigenvalue weighted by Gasteiger charge is -2.05. The van der Waals surface area contributed by atoms with Crippen LogP contribution in [0.5, 0.6) is 5.88 Å². The molecular formula is C12H15N3O. The number of aromatic nitrogens is 1. The smallest absolute Gasteiger partial charge is 0.213 e. The number of hydrogen-bond donors (Lipinski definition) is 2. The van der Waals surface area contributed by atoms with Gasteiger partial charge < -0.3 is 15.9 Å². The van der Waals surface area contributed by atoms with E-state index in [1.165, 1.54) is 12.3 Å². The first kappa shape index (κ1) is 12.0. The fraction of sp³-hybridized carbons (Fsp3) is 0.167. The van der Waals surface area contributed by atoms with E-state index in [2.05, 4.69) is 11.6 Å². The second-order valence-corrected chi connectivity index (χ2v) is 3.08. The molecule has 1 aromatic heterocycles. The van der Waals surface area contributed by atoms with E-state index < -0.39 is 0 Å². The van der Waals surface area contributed by atoms with Crippen LogP contribution in [0.3, 0.4) is 0 Å². The molecule has 84 valence electrons. The Kier molecular flexibility index (Phi) is 4.79. The molecule has 1 heterocycles. The standard InChI is InChI=1S/C12H15N3O/c1-2-3-8-16-12-9-10(5-7-15-12)11(14)4-6-13/h2,4-7,9,14H,1,3,8,13H2/b6-4-,14-11?. The van der Waals surface area contributed by atoms with Crippen LogP contribution in [0.1, 0.15) is 12.0 Å². The molecule has 16 heavy (non-hydrogen) atoms. The van der Waals surface area contributed by atoms with Crippen LogP contribution in [0.25, 0.3) is 0 Å². The molecule has 4 heteroatoms. The van der Waals surface area contributed by atoms with Crippen molar-refractivity contribution < 1.29 is 4.74 Å². The number of nitrogens with two attached hydrogens (primary N) is 1. The van der Waals surface area contributed by atoms with Gasteiger partial charge in [-0.1, -0.05) is 6.08 Å². The zero-order chi connectivity index (χ0) is 11.8. The van der Waals surface area contributed by atoms with Gasteiger partial charge in [0, 0.05) is 17.8 Å². The molecule has 1 aromatic rings. The number of ether oxygens (including phenoxy) is 1. The second-order valence-electron chi connectivity index (χ2n) is 3.08. The van der Waals surface area contributed by atoms with Crippen LogP contribution in [-0.4, -0.2) is 17.3 Å². The average Bonchev–Trinajstić information content (AvgIpc) is 2.30. The van der Waals surface area contributed by atoms with Crippen LogP contribution in [0, 0.1) is 5.41 Å². The lowest BCUT2D eigenvalue weighted by molar-refractivity contribution is 0.312. The van der Waals surface area contributed by atoms with Gasteiger partial charge in [0.15, 0.2) is 0 Å². The lowest BCUT2D eigenvalue weighted by atomic mass is 10.1. The minimum atomic E-state index is 0.332. The maximum Gasteiger partial charge on any atom is 0.213 e. The van der Waals surface area contributed by atoms with Crippen molar-refractivity contribution in [1.29, 1.82) is 5.41 Å². The van der Waals surface area contributed by atoms with E-state index in [4.69, 9.17) is 15.9 Å². The molecule has 0 aromatic carbocycles. The Morgan fingerprint density at radius 2 is 2.44 bits per heavy atom. The quantitative estimate of drug-likeness (QED) is 0.434. The minimum Gasteiger partial charge on any atom is -0.477 e. The van der Waals surface area contributed by atoms with Crippen molar-refractivity contribution in [2.45, 2.75) is 6.42 Å². The van der Waals surface area contributed by atoms with Crippen molar-refractivity contribution in [2.24, 2.45) is 5.73 Å². The number of allylic oxidation sites excluding steroid dienone is 1. The first-order chi connectivity index (χ1) is 7.77. The predicted octanol–water partition coefficient (Wildman–Crippen LogP) is 1.88. The van der Waals surface area contributed by atoms with Gasteiger partial charge in [0.25, 0.3) is 0 Å². The van der Waals surface area contributed by atoms with Crippen molar-refractivity contribution in [1.82, 2.24) is 4.98 Å². The van der Waals surface area contributed by atoms with E-state index in [1.54, 1.807) is 24.4 Å². The van der Waals surface area contributed by atoms with Gasteiger partial charge in [0.2, 0.25) is 5.88 Å². The van der Waals surface area contributed by atoms with Crippen molar-refractivity contribution >= 4 is 5.71 Å². The average molecular weight is 217 g/mol. The van der Waals surface area contributed by atoms with Crippen molar-refractivity contribution in [2.75, 3.05) is 6.61 Å². The first-order valence-electron chi connectivity index (χ1n) is 4.95. The third-order valence-electron chi connectivity index (χ3n) is 1.88. The number of hydrogen-bond acceptors (Lipinski definition) is 4. The Balaban J connectivity index is 2.70. The Morgan fingerprint density at radius 1 is 1.62 bits per heavy atom.